The SMILES string of the molecule is COc1cc(CN(C)S(=O)(=O)c2ccc(N3CCCC3=O)cc2C)ccc1OC(F)F. The molecule has 0 unspecified atom stereocenters. The average molecular weight is 454 g/mol. The Morgan fingerprint density at radius 3 is 2.48 bits per heavy atom. The van der Waals surface area contributed by atoms with Crippen molar-refractivity contribution in [2.75, 3.05) is 25.6 Å². The number of hydrogen-bond acceptors (Lipinski definition) is 5. The number of ether oxygens (including phenoxy) is 2. The number of carbonyl (C=O) groups is 1. The molecule has 1 aliphatic heterocycles. The van der Waals surface area contributed by atoms with Gasteiger partial charge in [-0.15, -0.1) is 0 Å². The van der Waals surface area contributed by atoms with Gasteiger partial charge in [0.25, 0.3) is 0 Å². The number of benzene rings is 2. The fourth-order valence-electron chi connectivity index (χ4n) is 3.53. The summed E-state index contributed by atoms with van der Waals surface area (Å²) in [6.45, 7) is -0.689. The zero-order valence-corrected chi connectivity index (χ0v) is 18.3. The molecule has 3 rings (SSSR count). The van der Waals surface area contributed by atoms with Crippen molar-refractivity contribution >= 4 is 21.6 Å². The number of sulfonamides is 1. The van der Waals surface area contributed by atoms with Crippen LogP contribution in [-0.2, 0) is 21.4 Å². The summed E-state index contributed by atoms with van der Waals surface area (Å²) in [5.41, 5.74) is 1.75. The molecule has 10 heteroatoms. The molecule has 0 bridgehead atoms. The Bertz CT molecular complexity index is 1080. The first-order chi connectivity index (χ1) is 14.6. The Labute approximate surface area is 180 Å². The highest BCUT2D eigenvalue weighted by Crippen LogP contribution is 2.31. The summed E-state index contributed by atoms with van der Waals surface area (Å²) in [5.74, 6) is -0.0191. The number of nitrogens with zero attached hydrogens (tertiary/aromatic N) is 2. The van der Waals surface area contributed by atoms with E-state index in [1.165, 1.54) is 42.7 Å². The van der Waals surface area contributed by atoms with E-state index >= 15 is 0 Å². The quantitative estimate of drug-likeness (QED) is 0.610. The molecule has 0 saturated carbocycles. The predicted molar refractivity (Wildman–Crippen MR) is 111 cm³/mol. The van der Waals surface area contributed by atoms with E-state index in [1.807, 2.05) is 0 Å². The second-order valence-electron chi connectivity index (χ2n) is 7.22. The predicted octanol–water partition coefficient (Wildman–Crippen LogP) is 3.55. The molecule has 0 aromatic heterocycles. The van der Waals surface area contributed by atoms with Crippen molar-refractivity contribution in [3.05, 3.63) is 47.5 Å². The molecule has 168 valence electrons. The van der Waals surface area contributed by atoms with Crippen LogP contribution in [0.1, 0.15) is 24.0 Å². The summed E-state index contributed by atoms with van der Waals surface area (Å²) in [6.07, 6.45) is 1.28. The minimum absolute atomic E-state index is 0.000541. The summed E-state index contributed by atoms with van der Waals surface area (Å²) in [7, 11) is -1.09. The van der Waals surface area contributed by atoms with Gasteiger partial charge in [-0.25, -0.2) is 8.42 Å². The number of rotatable bonds is 8. The van der Waals surface area contributed by atoms with E-state index in [-0.39, 0.29) is 28.8 Å². The van der Waals surface area contributed by atoms with Crippen LogP contribution in [0.5, 0.6) is 11.5 Å². The van der Waals surface area contributed by atoms with Gasteiger partial charge >= 0.3 is 6.61 Å². The molecule has 1 aliphatic rings. The number of methoxy groups -OCH3 is 1. The van der Waals surface area contributed by atoms with Crippen LogP contribution in [0.25, 0.3) is 0 Å². The largest absolute Gasteiger partial charge is 0.493 e. The molecule has 1 heterocycles. The summed E-state index contributed by atoms with van der Waals surface area (Å²) in [6, 6.07) is 9.11. The molecule has 1 amide bonds. The fourth-order valence-corrected chi connectivity index (χ4v) is 4.89. The molecule has 2 aromatic rings. The third-order valence-corrected chi connectivity index (χ3v) is 7.04. The van der Waals surface area contributed by atoms with Crippen molar-refractivity contribution in [3.8, 4) is 11.5 Å². The van der Waals surface area contributed by atoms with Gasteiger partial charge in [-0.1, -0.05) is 6.07 Å². The molecule has 0 spiro atoms. The van der Waals surface area contributed by atoms with Gasteiger partial charge in [-0.05, 0) is 54.8 Å². The minimum atomic E-state index is -3.83. The highest BCUT2D eigenvalue weighted by molar-refractivity contribution is 7.89. The molecule has 7 nitrogen and oxygen atoms in total. The lowest BCUT2D eigenvalue weighted by Crippen LogP contribution is -2.28. The topological polar surface area (TPSA) is 76.2 Å². The van der Waals surface area contributed by atoms with Crippen LogP contribution in [0.15, 0.2) is 41.3 Å². The third kappa shape index (κ3) is 4.96. The second kappa shape index (κ2) is 9.19. The summed E-state index contributed by atoms with van der Waals surface area (Å²) in [5, 5.41) is 0. The molecule has 0 radical (unpaired) electrons. The summed E-state index contributed by atoms with van der Waals surface area (Å²) < 4.78 is 61.8. The lowest BCUT2D eigenvalue weighted by molar-refractivity contribution is -0.117. The number of anilines is 1. The van der Waals surface area contributed by atoms with Gasteiger partial charge < -0.3 is 14.4 Å². The van der Waals surface area contributed by atoms with E-state index < -0.39 is 16.6 Å². The lowest BCUT2D eigenvalue weighted by Gasteiger charge is -2.21. The van der Waals surface area contributed by atoms with Crippen LogP contribution < -0.4 is 14.4 Å². The van der Waals surface area contributed by atoms with Gasteiger partial charge in [0.15, 0.2) is 11.5 Å². The van der Waals surface area contributed by atoms with E-state index in [9.17, 15) is 22.0 Å². The monoisotopic (exact) mass is 454 g/mol. The first-order valence-corrected chi connectivity index (χ1v) is 11.1. The molecular formula is C21H24F2N2O5S. The van der Waals surface area contributed by atoms with Crippen molar-refractivity contribution in [3.63, 3.8) is 0 Å². The Morgan fingerprint density at radius 1 is 1.16 bits per heavy atom. The van der Waals surface area contributed by atoms with Gasteiger partial charge in [0.05, 0.1) is 12.0 Å². The Balaban J connectivity index is 1.81. The summed E-state index contributed by atoms with van der Waals surface area (Å²) in [4.78, 5) is 13.7. The number of hydrogen-bond donors (Lipinski definition) is 0. The van der Waals surface area contributed by atoms with Gasteiger partial charge in [0.2, 0.25) is 15.9 Å². The van der Waals surface area contributed by atoms with Crippen LogP contribution in [-0.4, -0.2) is 45.9 Å². The van der Waals surface area contributed by atoms with Crippen molar-refractivity contribution < 1.29 is 31.5 Å². The molecule has 0 atom stereocenters. The maximum Gasteiger partial charge on any atom is 0.387 e. The molecule has 31 heavy (non-hydrogen) atoms. The zero-order chi connectivity index (χ0) is 22.8. The standard InChI is InChI=1S/C21H24F2N2O5S/c1-14-11-16(25-10-4-5-20(25)26)7-9-19(14)31(27,28)24(2)13-15-6-8-17(30-21(22)23)18(12-15)29-3/h6-9,11-12,21H,4-5,10,13H2,1-3H3. The van der Waals surface area contributed by atoms with Gasteiger partial charge in [0, 0.05) is 32.2 Å². The van der Waals surface area contributed by atoms with Crippen LogP contribution >= 0.6 is 0 Å². The first-order valence-electron chi connectivity index (χ1n) is 9.62. The molecule has 1 saturated heterocycles. The maximum absolute atomic E-state index is 13.1. The second-order valence-corrected chi connectivity index (χ2v) is 9.24. The molecule has 0 N–H and O–H groups in total. The Morgan fingerprint density at radius 2 is 1.90 bits per heavy atom. The molecule has 1 fully saturated rings. The van der Waals surface area contributed by atoms with Crippen molar-refractivity contribution in [2.24, 2.45) is 0 Å². The zero-order valence-electron chi connectivity index (χ0n) is 17.5. The van der Waals surface area contributed by atoms with E-state index in [2.05, 4.69) is 4.74 Å². The van der Waals surface area contributed by atoms with E-state index in [4.69, 9.17) is 4.74 Å². The van der Waals surface area contributed by atoms with E-state index in [0.29, 0.717) is 29.8 Å². The van der Waals surface area contributed by atoms with E-state index in [0.717, 1.165) is 6.42 Å². The van der Waals surface area contributed by atoms with Crippen molar-refractivity contribution in [2.45, 2.75) is 37.8 Å². The normalized spacial score (nSPS) is 14.5. The smallest absolute Gasteiger partial charge is 0.387 e. The minimum Gasteiger partial charge on any atom is -0.493 e. The number of halogens is 2. The van der Waals surface area contributed by atoms with Crippen LogP contribution in [0.3, 0.4) is 0 Å². The number of alkyl halides is 2. The Kier molecular flexibility index (Phi) is 6.80. The number of amides is 1. The molecular weight excluding hydrogens is 430 g/mol. The van der Waals surface area contributed by atoms with Crippen LogP contribution in [0.4, 0.5) is 14.5 Å². The van der Waals surface area contributed by atoms with E-state index in [1.54, 1.807) is 24.0 Å². The van der Waals surface area contributed by atoms with Gasteiger partial charge in [0.1, 0.15) is 0 Å². The summed E-state index contributed by atoms with van der Waals surface area (Å²) >= 11 is 0. The molecule has 2 aromatic carbocycles. The Hall–Kier alpha value is -2.72. The number of carbonyl (C=O) groups excluding carboxylic acids is 1. The third-order valence-electron chi connectivity index (χ3n) is 5.08. The average Bonchev–Trinajstić information content (AvgIpc) is 3.14. The molecule has 0 aliphatic carbocycles. The van der Waals surface area contributed by atoms with Gasteiger partial charge in [-0.3, -0.25) is 4.79 Å². The van der Waals surface area contributed by atoms with Gasteiger partial charge in [-0.2, -0.15) is 13.1 Å². The lowest BCUT2D eigenvalue weighted by atomic mass is 10.2. The highest BCUT2D eigenvalue weighted by Gasteiger charge is 2.26. The maximum atomic E-state index is 13.1. The van der Waals surface area contributed by atoms with Crippen molar-refractivity contribution in [1.82, 2.24) is 4.31 Å². The van der Waals surface area contributed by atoms with Crippen molar-refractivity contribution in [1.29, 1.82) is 0 Å². The number of aryl methyl sites for hydroxylation is 1. The fraction of sp³-hybridized carbons (Fsp3) is 0.381. The van der Waals surface area contributed by atoms with Crippen LogP contribution in [0.2, 0.25) is 0 Å². The first kappa shape index (κ1) is 23.0. The highest BCUT2D eigenvalue weighted by atomic mass is 32.2. The van der Waals surface area contributed by atoms with Crippen LogP contribution in [0, 0.1) is 6.92 Å².